The van der Waals surface area contributed by atoms with Crippen molar-refractivity contribution in [3.63, 3.8) is 0 Å². The van der Waals surface area contributed by atoms with Crippen LogP contribution >= 0.6 is 0 Å². The van der Waals surface area contributed by atoms with Crippen LogP contribution in [-0.4, -0.2) is 33.6 Å². The first kappa shape index (κ1) is 11.5. The van der Waals surface area contributed by atoms with Crippen molar-refractivity contribution in [1.29, 1.82) is 0 Å². The van der Waals surface area contributed by atoms with Gasteiger partial charge in [0.05, 0.1) is 7.11 Å². The van der Waals surface area contributed by atoms with E-state index in [-0.39, 0.29) is 12.3 Å². The van der Waals surface area contributed by atoms with Crippen LogP contribution in [0.2, 0.25) is 0 Å². The predicted octanol–water partition coefficient (Wildman–Crippen LogP) is 1.19. The molecule has 1 fully saturated rings. The fourth-order valence-corrected chi connectivity index (χ4v) is 1.98. The van der Waals surface area contributed by atoms with E-state index in [0.29, 0.717) is 18.3 Å². The Labute approximate surface area is 84.5 Å². The van der Waals surface area contributed by atoms with Crippen molar-refractivity contribution in [2.24, 2.45) is 11.8 Å². The highest BCUT2D eigenvalue weighted by Crippen LogP contribution is 2.39. The van der Waals surface area contributed by atoms with Gasteiger partial charge < -0.3 is 14.2 Å². The van der Waals surface area contributed by atoms with Crippen molar-refractivity contribution in [2.75, 3.05) is 21.3 Å². The number of ether oxygens (including phenoxy) is 3. The van der Waals surface area contributed by atoms with Crippen LogP contribution in [0.5, 0.6) is 0 Å². The molecular weight excluding hydrogens is 184 g/mol. The van der Waals surface area contributed by atoms with Crippen molar-refractivity contribution in [3.8, 4) is 0 Å². The maximum Gasteiger partial charge on any atom is 0.305 e. The molecule has 0 unspecified atom stereocenters. The summed E-state index contributed by atoms with van der Waals surface area (Å²) in [5.74, 6) is 0.750. The minimum Gasteiger partial charge on any atom is -0.469 e. The molecule has 0 bridgehead atoms. The Balaban J connectivity index is 2.19. The molecule has 1 rings (SSSR count). The Morgan fingerprint density at radius 3 is 2.29 bits per heavy atom. The van der Waals surface area contributed by atoms with E-state index in [1.54, 1.807) is 14.2 Å². The second-order valence-corrected chi connectivity index (χ2v) is 3.72. The third kappa shape index (κ3) is 2.69. The molecule has 0 atom stereocenters. The van der Waals surface area contributed by atoms with Crippen LogP contribution in [0.25, 0.3) is 0 Å². The molecule has 0 aromatic heterocycles. The van der Waals surface area contributed by atoms with E-state index in [1.807, 2.05) is 0 Å². The molecule has 0 radical (unpaired) electrons. The summed E-state index contributed by atoms with van der Waals surface area (Å²) in [5.41, 5.74) is 0. The molecule has 0 aromatic rings. The molecule has 0 aliphatic heterocycles. The van der Waals surface area contributed by atoms with E-state index in [1.165, 1.54) is 7.11 Å². The number of hydrogen-bond acceptors (Lipinski definition) is 4. The summed E-state index contributed by atoms with van der Waals surface area (Å²) < 4.78 is 14.9. The lowest BCUT2D eigenvalue weighted by Gasteiger charge is -2.38. The SMILES string of the molecule is COC(=O)C[C@H]1C[C@@H](C(OC)OC)C1. The van der Waals surface area contributed by atoms with Gasteiger partial charge in [-0.2, -0.15) is 0 Å². The molecule has 0 aromatic carbocycles. The number of methoxy groups -OCH3 is 3. The van der Waals surface area contributed by atoms with Crippen LogP contribution in [0, 0.1) is 11.8 Å². The summed E-state index contributed by atoms with van der Waals surface area (Å²) >= 11 is 0. The van der Waals surface area contributed by atoms with E-state index >= 15 is 0 Å². The molecule has 4 heteroatoms. The molecule has 0 amide bonds. The van der Waals surface area contributed by atoms with Gasteiger partial charge in [0.25, 0.3) is 0 Å². The van der Waals surface area contributed by atoms with Crippen molar-refractivity contribution in [2.45, 2.75) is 25.6 Å². The summed E-state index contributed by atoms with van der Waals surface area (Å²) in [6, 6.07) is 0. The number of hydrogen-bond donors (Lipinski definition) is 0. The topological polar surface area (TPSA) is 44.8 Å². The molecule has 1 aliphatic rings. The molecule has 1 saturated carbocycles. The zero-order valence-corrected chi connectivity index (χ0v) is 8.99. The number of rotatable bonds is 5. The van der Waals surface area contributed by atoms with E-state index in [4.69, 9.17) is 9.47 Å². The Morgan fingerprint density at radius 1 is 1.29 bits per heavy atom. The molecule has 0 spiro atoms. The Bertz CT molecular complexity index is 183. The second-order valence-electron chi connectivity index (χ2n) is 3.72. The van der Waals surface area contributed by atoms with Crippen molar-refractivity contribution in [3.05, 3.63) is 0 Å². The summed E-state index contributed by atoms with van der Waals surface area (Å²) in [6.07, 6.45) is 2.37. The average molecular weight is 202 g/mol. The normalized spacial score (nSPS) is 26.0. The summed E-state index contributed by atoms with van der Waals surface area (Å²) in [6.45, 7) is 0. The van der Waals surface area contributed by atoms with Crippen LogP contribution in [0.1, 0.15) is 19.3 Å². The lowest BCUT2D eigenvalue weighted by atomic mass is 9.73. The van der Waals surface area contributed by atoms with Gasteiger partial charge in [0.1, 0.15) is 0 Å². The molecule has 1 aliphatic carbocycles. The van der Waals surface area contributed by atoms with Gasteiger partial charge in [-0.05, 0) is 18.8 Å². The fraction of sp³-hybridized carbons (Fsp3) is 0.900. The van der Waals surface area contributed by atoms with Gasteiger partial charge in [0.2, 0.25) is 0 Å². The largest absolute Gasteiger partial charge is 0.469 e. The third-order valence-corrected chi connectivity index (χ3v) is 2.80. The highest BCUT2D eigenvalue weighted by Gasteiger charge is 2.36. The van der Waals surface area contributed by atoms with Gasteiger partial charge in [-0.3, -0.25) is 4.79 Å². The minimum atomic E-state index is -0.125. The zero-order chi connectivity index (χ0) is 10.6. The van der Waals surface area contributed by atoms with E-state index < -0.39 is 0 Å². The van der Waals surface area contributed by atoms with Gasteiger partial charge in [-0.1, -0.05) is 0 Å². The summed E-state index contributed by atoms with van der Waals surface area (Å²) in [5, 5.41) is 0. The first-order valence-corrected chi connectivity index (χ1v) is 4.83. The number of esters is 1. The first-order chi connectivity index (χ1) is 6.71. The first-order valence-electron chi connectivity index (χ1n) is 4.83. The van der Waals surface area contributed by atoms with Gasteiger partial charge in [-0.25, -0.2) is 0 Å². The third-order valence-electron chi connectivity index (χ3n) is 2.80. The molecule has 14 heavy (non-hydrogen) atoms. The Hall–Kier alpha value is -0.610. The van der Waals surface area contributed by atoms with Gasteiger partial charge in [0.15, 0.2) is 6.29 Å². The fourth-order valence-electron chi connectivity index (χ4n) is 1.98. The van der Waals surface area contributed by atoms with Crippen LogP contribution in [0.3, 0.4) is 0 Å². The van der Waals surface area contributed by atoms with Crippen LogP contribution < -0.4 is 0 Å². The molecule has 0 N–H and O–H groups in total. The van der Waals surface area contributed by atoms with Gasteiger partial charge >= 0.3 is 5.97 Å². The average Bonchev–Trinajstić information content (AvgIpc) is 2.15. The predicted molar refractivity (Wildman–Crippen MR) is 50.7 cm³/mol. The van der Waals surface area contributed by atoms with Gasteiger partial charge in [0, 0.05) is 26.6 Å². The summed E-state index contributed by atoms with van der Waals surface area (Å²) in [7, 11) is 4.70. The van der Waals surface area contributed by atoms with Gasteiger partial charge in [-0.15, -0.1) is 0 Å². The second kappa shape index (κ2) is 5.32. The van der Waals surface area contributed by atoms with E-state index in [0.717, 1.165) is 12.8 Å². The van der Waals surface area contributed by atoms with Crippen molar-refractivity contribution in [1.82, 2.24) is 0 Å². The van der Waals surface area contributed by atoms with Crippen LogP contribution in [0.4, 0.5) is 0 Å². The molecular formula is C10H18O4. The Morgan fingerprint density at radius 2 is 1.86 bits per heavy atom. The molecule has 0 heterocycles. The quantitative estimate of drug-likeness (QED) is 0.496. The highest BCUT2D eigenvalue weighted by molar-refractivity contribution is 5.69. The van der Waals surface area contributed by atoms with E-state index in [2.05, 4.69) is 4.74 Å². The molecule has 4 nitrogen and oxygen atoms in total. The summed E-state index contributed by atoms with van der Waals surface area (Å²) in [4.78, 5) is 10.9. The standard InChI is InChI=1S/C10H18O4/c1-12-9(11)6-7-4-8(5-7)10(13-2)14-3/h7-8,10H,4-6H2,1-3H3/t7-,8+. The molecule has 82 valence electrons. The molecule has 0 saturated heterocycles. The number of carbonyl (C=O) groups is 1. The minimum absolute atomic E-state index is 0.121. The maximum absolute atomic E-state index is 10.9. The zero-order valence-electron chi connectivity index (χ0n) is 8.99. The maximum atomic E-state index is 10.9. The van der Waals surface area contributed by atoms with Crippen molar-refractivity contribution >= 4 is 5.97 Å². The van der Waals surface area contributed by atoms with Crippen molar-refractivity contribution < 1.29 is 19.0 Å². The lowest BCUT2D eigenvalue weighted by Crippen LogP contribution is -2.36. The smallest absolute Gasteiger partial charge is 0.305 e. The van der Waals surface area contributed by atoms with E-state index in [9.17, 15) is 4.79 Å². The number of carbonyl (C=O) groups excluding carboxylic acids is 1. The monoisotopic (exact) mass is 202 g/mol. The lowest BCUT2D eigenvalue weighted by molar-refractivity contribution is -0.168. The Kier molecular flexibility index (Phi) is 4.35. The van der Waals surface area contributed by atoms with Crippen LogP contribution in [0.15, 0.2) is 0 Å². The van der Waals surface area contributed by atoms with Crippen LogP contribution in [-0.2, 0) is 19.0 Å². The highest BCUT2D eigenvalue weighted by atomic mass is 16.7.